The number of rotatable bonds is 4. The molecule has 4 rings (SSSR count). The van der Waals surface area contributed by atoms with Crippen LogP contribution in [0.1, 0.15) is 50.7 Å². The van der Waals surface area contributed by atoms with Crippen molar-refractivity contribution in [2.45, 2.75) is 44.7 Å². The molecule has 0 unspecified atom stereocenters. The van der Waals surface area contributed by atoms with Crippen LogP contribution in [0.25, 0.3) is 0 Å². The van der Waals surface area contributed by atoms with Gasteiger partial charge in [0.2, 0.25) is 0 Å². The van der Waals surface area contributed by atoms with Crippen molar-refractivity contribution in [3.05, 3.63) is 57.0 Å². The number of carbonyl (C=O) groups excluding carboxylic acids is 1. The van der Waals surface area contributed by atoms with Crippen LogP contribution in [0.3, 0.4) is 0 Å². The lowest BCUT2D eigenvalue weighted by Gasteiger charge is -2.38. The van der Waals surface area contributed by atoms with Gasteiger partial charge in [-0.15, -0.1) is 0 Å². The first-order valence-corrected chi connectivity index (χ1v) is 10.8. The Morgan fingerprint density at radius 3 is 2.59 bits per heavy atom. The van der Waals surface area contributed by atoms with Crippen LogP contribution in [0, 0.1) is 5.41 Å². The fourth-order valence-electron chi connectivity index (χ4n) is 4.23. The molecule has 7 heteroatoms. The van der Waals surface area contributed by atoms with Gasteiger partial charge in [-0.05, 0) is 35.3 Å². The lowest BCUT2D eigenvalue weighted by molar-refractivity contribution is -0.118. The summed E-state index contributed by atoms with van der Waals surface area (Å²) in [7, 11) is 1.61. The van der Waals surface area contributed by atoms with E-state index in [4.69, 9.17) is 4.74 Å². The van der Waals surface area contributed by atoms with Gasteiger partial charge in [0, 0.05) is 23.6 Å². The van der Waals surface area contributed by atoms with Crippen molar-refractivity contribution in [2.24, 2.45) is 5.41 Å². The Morgan fingerprint density at radius 2 is 1.93 bits per heavy atom. The van der Waals surface area contributed by atoms with Crippen molar-refractivity contribution >= 4 is 23.4 Å². The third kappa shape index (κ3) is 3.59. The fourth-order valence-corrected chi connectivity index (χ4v) is 4.82. The van der Waals surface area contributed by atoms with Crippen LogP contribution in [0.5, 0.6) is 5.75 Å². The monoisotopic (exact) mass is 411 g/mol. The topological polar surface area (TPSA) is 84.1 Å². The molecule has 2 heterocycles. The smallest absolute Gasteiger partial charge is 0.257 e. The zero-order valence-electron chi connectivity index (χ0n) is 17.1. The van der Waals surface area contributed by atoms with E-state index in [1.165, 1.54) is 11.8 Å². The van der Waals surface area contributed by atoms with Crippen LogP contribution in [-0.2, 0) is 4.79 Å². The minimum atomic E-state index is -0.437. The number of hydrogen-bond acceptors (Lipinski definition) is 6. The Labute approximate surface area is 174 Å². The molecule has 2 aliphatic rings. The predicted molar refractivity (Wildman–Crippen MR) is 115 cm³/mol. The molecular formula is C22H25N3O3S. The first-order valence-electron chi connectivity index (χ1n) is 9.77. The maximum Gasteiger partial charge on any atom is 0.257 e. The molecule has 1 aromatic heterocycles. The summed E-state index contributed by atoms with van der Waals surface area (Å²) in [5, 5.41) is 3.92. The number of aromatic nitrogens is 2. The van der Waals surface area contributed by atoms with Crippen LogP contribution in [-0.4, -0.2) is 28.6 Å². The number of benzene rings is 1. The molecule has 1 aliphatic carbocycles. The zero-order valence-corrected chi connectivity index (χ0v) is 17.9. The molecule has 0 saturated heterocycles. The molecule has 1 atom stereocenters. The molecule has 0 amide bonds. The number of nitrogens with one attached hydrogen (secondary N) is 2. The normalized spacial score (nSPS) is 20.0. The van der Waals surface area contributed by atoms with Crippen LogP contribution in [0.2, 0.25) is 0 Å². The molecular weight excluding hydrogens is 386 g/mol. The van der Waals surface area contributed by atoms with Gasteiger partial charge in [-0.1, -0.05) is 44.7 Å². The highest BCUT2D eigenvalue weighted by molar-refractivity contribution is 7.99. The number of fused-ring (bicyclic) bond motifs is 1. The highest BCUT2D eigenvalue weighted by Gasteiger charge is 2.42. The number of ether oxygens (including phenoxy) is 1. The second-order valence-electron chi connectivity index (χ2n) is 8.23. The van der Waals surface area contributed by atoms with Crippen molar-refractivity contribution < 1.29 is 9.53 Å². The van der Waals surface area contributed by atoms with Crippen molar-refractivity contribution in [3.8, 4) is 5.75 Å². The number of thioether (sulfide) groups is 1. The largest absolute Gasteiger partial charge is 0.497 e. The molecule has 0 spiro atoms. The Hall–Kier alpha value is -2.54. The molecule has 0 fully saturated rings. The third-order valence-corrected chi connectivity index (χ3v) is 6.19. The van der Waals surface area contributed by atoms with Crippen LogP contribution < -0.4 is 15.6 Å². The van der Waals surface area contributed by atoms with E-state index in [9.17, 15) is 9.59 Å². The molecule has 0 radical (unpaired) electrons. The summed E-state index contributed by atoms with van der Waals surface area (Å²) in [5.41, 5.74) is 2.62. The first kappa shape index (κ1) is 19.8. The number of nitrogens with zero attached hydrogens (tertiary/aromatic N) is 1. The quantitative estimate of drug-likeness (QED) is 0.582. The maximum atomic E-state index is 13.2. The number of ketones is 1. The van der Waals surface area contributed by atoms with Gasteiger partial charge in [0.05, 0.1) is 12.7 Å². The molecule has 2 N–H and O–H groups in total. The van der Waals surface area contributed by atoms with Crippen molar-refractivity contribution in [1.29, 1.82) is 0 Å². The lowest BCUT2D eigenvalue weighted by atomic mass is 9.69. The molecule has 1 aromatic carbocycles. The highest BCUT2D eigenvalue weighted by Crippen LogP contribution is 2.47. The summed E-state index contributed by atoms with van der Waals surface area (Å²) in [5.74, 6) is 1.74. The van der Waals surface area contributed by atoms with E-state index in [-0.39, 0.29) is 16.8 Å². The van der Waals surface area contributed by atoms with Gasteiger partial charge in [0.1, 0.15) is 11.6 Å². The van der Waals surface area contributed by atoms with E-state index in [2.05, 4.69) is 29.1 Å². The maximum absolute atomic E-state index is 13.2. The van der Waals surface area contributed by atoms with E-state index in [0.717, 1.165) is 29.2 Å². The fraction of sp³-hybridized carbons (Fsp3) is 0.409. The van der Waals surface area contributed by atoms with Gasteiger partial charge in [-0.2, -0.15) is 0 Å². The minimum Gasteiger partial charge on any atom is -0.497 e. The number of aromatic amines is 1. The van der Waals surface area contributed by atoms with Crippen molar-refractivity contribution in [1.82, 2.24) is 9.97 Å². The summed E-state index contributed by atoms with van der Waals surface area (Å²) in [4.78, 5) is 33.8. The zero-order chi connectivity index (χ0) is 20.8. The average Bonchev–Trinajstić information content (AvgIpc) is 2.65. The van der Waals surface area contributed by atoms with E-state index in [0.29, 0.717) is 28.5 Å². The van der Waals surface area contributed by atoms with Crippen molar-refractivity contribution in [2.75, 3.05) is 18.2 Å². The molecule has 6 nitrogen and oxygen atoms in total. The summed E-state index contributed by atoms with van der Waals surface area (Å²) in [6.45, 7) is 6.20. The molecule has 0 saturated carbocycles. The van der Waals surface area contributed by atoms with E-state index < -0.39 is 5.92 Å². The Kier molecular flexibility index (Phi) is 5.02. The van der Waals surface area contributed by atoms with Gasteiger partial charge in [-0.3, -0.25) is 9.59 Å². The van der Waals surface area contributed by atoms with E-state index >= 15 is 0 Å². The Bertz CT molecular complexity index is 1050. The minimum absolute atomic E-state index is 0.0848. The molecule has 29 heavy (non-hydrogen) atoms. The Balaban J connectivity index is 1.93. The second-order valence-corrected chi connectivity index (χ2v) is 9.48. The number of allylic oxidation sites excluding steroid dienone is 2. The third-order valence-electron chi connectivity index (χ3n) is 5.43. The van der Waals surface area contributed by atoms with Gasteiger partial charge in [0.15, 0.2) is 10.9 Å². The average molecular weight is 412 g/mol. The SMILES string of the molecule is CCSc1nc2c(c(=O)[nH]1)[C@@H](c1ccc(OC)cc1)C1=C(CC(C)(C)CC1=O)N2. The summed E-state index contributed by atoms with van der Waals surface area (Å²) < 4.78 is 5.27. The predicted octanol–water partition coefficient (Wildman–Crippen LogP) is 4.09. The van der Waals surface area contributed by atoms with E-state index in [1.54, 1.807) is 7.11 Å². The van der Waals surface area contributed by atoms with Crippen LogP contribution in [0.4, 0.5) is 5.82 Å². The van der Waals surface area contributed by atoms with Crippen LogP contribution in [0.15, 0.2) is 45.5 Å². The van der Waals surface area contributed by atoms with Gasteiger partial charge < -0.3 is 15.0 Å². The number of hydrogen-bond donors (Lipinski definition) is 2. The summed E-state index contributed by atoms with van der Waals surface area (Å²) in [6, 6.07) is 7.56. The molecule has 152 valence electrons. The second kappa shape index (κ2) is 7.37. The number of methoxy groups -OCH3 is 1. The number of carbonyl (C=O) groups is 1. The standard InChI is InChI=1S/C22H25N3O3S/c1-5-29-21-24-19-18(20(27)25-21)16(12-6-8-13(28-4)9-7-12)17-14(23-19)10-22(2,3)11-15(17)26/h6-9,16H,5,10-11H2,1-4H3,(H2,23,24,25,27)/t16-/m0/s1. The molecule has 2 aromatic rings. The lowest BCUT2D eigenvalue weighted by Crippen LogP contribution is -2.37. The number of H-pyrrole nitrogens is 1. The van der Waals surface area contributed by atoms with Gasteiger partial charge in [-0.25, -0.2) is 4.98 Å². The molecule has 1 aliphatic heterocycles. The summed E-state index contributed by atoms with van der Waals surface area (Å²) in [6.07, 6.45) is 1.20. The van der Waals surface area contributed by atoms with Gasteiger partial charge >= 0.3 is 0 Å². The first-order chi connectivity index (χ1) is 13.8. The number of anilines is 1. The Morgan fingerprint density at radius 1 is 1.21 bits per heavy atom. The van der Waals surface area contributed by atoms with Crippen molar-refractivity contribution in [3.63, 3.8) is 0 Å². The highest BCUT2D eigenvalue weighted by atomic mass is 32.2. The summed E-state index contributed by atoms with van der Waals surface area (Å²) >= 11 is 1.49. The number of Topliss-reactive ketones (excluding diaryl/α,β-unsaturated/α-hetero) is 1. The van der Waals surface area contributed by atoms with E-state index in [1.807, 2.05) is 31.2 Å². The molecule has 0 bridgehead atoms. The van der Waals surface area contributed by atoms with Crippen LogP contribution >= 0.6 is 11.8 Å². The van der Waals surface area contributed by atoms with Gasteiger partial charge in [0.25, 0.3) is 5.56 Å².